The van der Waals surface area contributed by atoms with Gasteiger partial charge in [-0.3, -0.25) is 0 Å². The van der Waals surface area contributed by atoms with Crippen molar-refractivity contribution >= 4 is 6.08 Å². The molecular weight excluding hydrogens is 146 g/mol. The zero-order chi connectivity index (χ0) is 8.13. The van der Waals surface area contributed by atoms with Gasteiger partial charge in [-0.05, 0) is 23.1 Å². The Hall–Kier alpha value is -1.08. The lowest BCUT2D eigenvalue weighted by atomic mass is 10.00. The van der Waals surface area contributed by atoms with Crippen molar-refractivity contribution in [3.8, 4) is 0 Å². The zero-order valence-electron chi connectivity index (χ0n) is 6.88. The standard InChI is InChI=1S/C11H11N/c12-6-8-3-1-2-7-4-9-5-10(9)11(7)8/h1-4,10H,5-6,12H2. The molecule has 60 valence electrons. The van der Waals surface area contributed by atoms with Crippen LogP contribution >= 0.6 is 0 Å². The molecule has 1 aromatic rings. The van der Waals surface area contributed by atoms with Crippen LogP contribution in [-0.4, -0.2) is 0 Å². The minimum absolute atomic E-state index is 0.681. The summed E-state index contributed by atoms with van der Waals surface area (Å²) in [5.74, 6) is 0.750. The summed E-state index contributed by atoms with van der Waals surface area (Å²) in [7, 11) is 0. The third-order valence-electron chi connectivity index (χ3n) is 2.87. The van der Waals surface area contributed by atoms with Gasteiger partial charge in [0.15, 0.2) is 0 Å². The van der Waals surface area contributed by atoms with E-state index in [2.05, 4.69) is 24.3 Å². The Morgan fingerprint density at radius 2 is 2.33 bits per heavy atom. The first-order valence-electron chi connectivity index (χ1n) is 4.42. The molecule has 0 saturated heterocycles. The molecule has 0 aliphatic heterocycles. The first-order valence-corrected chi connectivity index (χ1v) is 4.42. The Bertz CT molecular complexity index is 377. The normalized spacial score (nSPS) is 23.1. The van der Waals surface area contributed by atoms with E-state index in [4.69, 9.17) is 5.73 Å². The maximum atomic E-state index is 5.68. The summed E-state index contributed by atoms with van der Waals surface area (Å²) in [6, 6.07) is 6.43. The van der Waals surface area contributed by atoms with Crippen LogP contribution in [0.1, 0.15) is 29.0 Å². The summed E-state index contributed by atoms with van der Waals surface area (Å²) in [6.45, 7) is 0.681. The first-order chi connectivity index (χ1) is 5.90. The van der Waals surface area contributed by atoms with Crippen LogP contribution in [0.4, 0.5) is 0 Å². The maximum absolute atomic E-state index is 5.68. The Morgan fingerprint density at radius 1 is 1.42 bits per heavy atom. The lowest BCUT2D eigenvalue weighted by molar-refractivity contribution is 1.01. The number of rotatable bonds is 1. The summed E-state index contributed by atoms with van der Waals surface area (Å²) in [6.07, 6.45) is 3.60. The van der Waals surface area contributed by atoms with Crippen LogP contribution < -0.4 is 5.73 Å². The van der Waals surface area contributed by atoms with E-state index in [-0.39, 0.29) is 0 Å². The molecule has 1 nitrogen and oxygen atoms in total. The van der Waals surface area contributed by atoms with Gasteiger partial charge in [-0.2, -0.15) is 0 Å². The molecule has 2 N–H and O–H groups in total. The topological polar surface area (TPSA) is 26.0 Å². The molecule has 0 heterocycles. The van der Waals surface area contributed by atoms with Gasteiger partial charge in [-0.15, -0.1) is 0 Å². The van der Waals surface area contributed by atoms with E-state index in [9.17, 15) is 0 Å². The summed E-state index contributed by atoms with van der Waals surface area (Å²) in [5, 5.41) is 0. The highest BCUT2D eigenvalue weighted by atomic mass is 14.5. The second-order valence-electron chi connectivity index (χ2n) is 3.60. The average molecular weight is 157 g/mol. The molecule has 0 aromatic heterocycles. The predicted octanol–water partition coefficient (Wildman–Crippen LogP) is 2.03. The molecule has 0 spiro atoms. The van der Waals surface area contributed by atoms with Gasteiger partial charge < -0.3 is 5.73 Å². The molecule has 2 aliphatic carbocycles. The van der Waals surface area contributed by atoms with Gasteiger partial charge in [0.1, 0.15) is 0 Å². The molecule has 2 aliphatic rings. The molecule has 1 unspecified atom stereocenters. The molecule has 1 aromatic carbocycles. The minimum atomic E-state index is 0.681. The van der Waals surface area contributed by atoms with Gasteiger partial charge >= 0.3 is 0 Å². The molecule has 0 radical (unpaired) electrons. The van der Waals surface area contributed by atoms with Crippen LogP contribution in [0.25, 0.3) is 6.08 Å². The number of nitrogens with two attached hydrogens (primary N) is 1. The number of hydrogen-bond donors (Lipinski definition) is 1. The van der Waals surface area contributed by atoms with Crippen molar-refractivity contribution in [2.45, 2.75) is 18.9 Å². The van der Waals surface area contributed by atoms with Crippen LogP contribution in [0.15, 0.2) is 23.8 Å². The molecule has 0 bridgehead atoms. The van der Waals surface area contributed by atoms with E-state index in [1.54, 1.807) is 5.57 Å². The lowest BCUT2D eigenvalue weighted by Crippen LogP contribution is -2.01. The highest BCUT2D eigenvalue weighted by molar-refractivity contribution is 5.74. The molecule has 3 rings (SSSR count). The molecular formula is C11H11N. The van der Waals surface area contributed by atoms with Gasteiger partial charge in [-0.1, -0.05) is 29.8 Å². The molecule has 1 fully saturated rings. The van der Waals surface area contributed by atoms with Crippen LogP contribution in [-0.2, 0) is 6.54 Å². The van der Waals surface area contributed by atoms with Crippen molar-refractivity contribution in [1.29, 1.82) is 0 Å². The third-order valence-corrected chi connectivity index (χ3v) is 2.87. The molecule has 12 heavy (non-hydrogen) atoms. The van der Waals surface area contributed by atoms with E-state index in [1.807, 2.05) is 0 Å². The monoisotopic (exact) mass is 157 g/mol. The van der Waals surface area contributed by atoms with Crippen LogP contribution in [0.3, 0.4) is 0 Å². The van der Waals surface area contributed by atoms with E-state index >= 15 is 0 Å². The van der Waals surface area contributed by atoms with Crippen molar-refractivity contribution in [2.24, 2.45) is 5.73 Å². The van der Waals surface area contributed by atoms with Crippen molar-refractivity contribution in [3.63, 3.8) is 0 Å². The highest BCUT2D eigenvalue weighted by Gasteiger charge is 2.38. The number of benzene rings is 1. The minimum Gasteiger partial charge on any atom is -0.326 e. The largest absolute Gasteiger partial charge is 0.326 e. The Balaban J connectivity index is 2.23. The quantitative estimate of drug-likeness (QED) is 0.663. The zero-order valence-corrected chi connectivity index (χ0v) is 6.88. The van der Waals surface area contributed by atoms with Gasteiger partial charge in [0, 0.05) is 12.5 Å². The third kappa shape index (κ3) is 0.669. The van der Waals surface area contributed by atoms with Crippen molar-refractivity contribution in [1.82, 2.24) is 0 Å². The number of allylic oxidation sites excluding steroid dienone is 1. The predicted molar refractivity (Wildman–Crippen MR) is 49.7 cm³/mol. The fourth-order valence-electron chi connectivity index (χ4n) is 2.19. The van der Waals surface area contributed by atoms with E-state index < -0.39 is 0 Å². The van der Waals surface area contributed by atoms with Crippen molar-refractivity contribution < 1.29 is 0 Å². The lowest BCUT2D eigenvalue weighted by Gasteiger charge is -2.06. The Morgan fingerprint density at radius 3 is 3.17 bits per heavy atom. The Kier molecular flexibility index (Phi) is 1.07. The number of fused-ring (bicyclic) bond motifs is 3. The van der Waals surface area contributed by atoms with E-state index in [0.717, 1.165) is 5.92 Å². The van der Waals surface area contributed by atoms with E-state index in [0.29, 0.717) is 6.54 Å². The summed E-state index contributed by atoms with van der Waals surface area (Å²) in [5.41, 5.74) is 11.5. The SMILES string of the molecule is NCc1cccc2c1C1CC1=C2. The first kappa shape index (κ1) is 6.44. The maximum Gasteiger partial charge on any atom is 0.0181 e. The van der Waals surface area contributed by atoms with E-state index in [1.165, 1.54) is 23.1 Å². The molecule has 0 amide bonds. The smallest absolute Gasteiger partial charge is 0.0181 e. The van der Waals surface area contributed by atoms with Gasteiger partial charge in [-0.25, -0.2) is 0 Å². The highest BCUT2D eigenvalue weighted by Crippen LogP contribution is 2.55. The van der Waals surface area contributed by atoms with Crippen LogP contribution in [0.2, 0.25) is 0 Å². The molecule has 1 heteroatoms. The average Bonchev–Trinajstić information content (AvgIpc) is 2.77. The second kappa shape index (κ2) is 1.99. The summed E-state index contributed by atoms with van der Waals surface area (Å²) < 4.78 is 0. The molecule has 1 atom stereocenters. The number of hydrogen-bond acceptors (Lipinski definition) is 1. The molecule has 1 saturated carbocycles. The van der Waals surface area contributed by atoms with Gasteiger partial charge in [0.05, 0.1) is 0 Å². The Labute approximate surface area is 71.9 Å². The van der Waals surface area contributed by atoms with Crippen LogP contribution in [0, 0.1) is 0 Å². The fraction of sp³-hybridized carbons (Fsp3) is 0.273. The summed E-state index contributed by atoms with van der Waals surface area (Å²) in [4.78, 5) is 0. The van der Waals surface area contributed by atoms with Crippen LogP contribution in [0.5, 0.6) is 0 Å². The fourth-order valence-corrected chi connectivity index (χ4v) is 2.19. The van der Waals surface area contributed by atoms with Gasteiger partial charge in [0.25, 0.3) is 0 Å². The van der Waals surface area contributed by atoms with Crippen molar-refractivity contribution in [2.75, 3.05) is 0 Å². The van der Waals surface area contributed by atoms with Gasteiger partial charge in [0.2, 0.25) is 0 Å². The van der Waals surface area contributed by atoms with Crippen molar-refractivity contribution in [3.05, 3.63) is 40.5 Å². The second-order valence-corrected chi connectivity index (χ2v) is 3.60. The summed E-state index contributed by atoms with van der Waals surface area (Å²) >= 11 is 0.